The molecule has 1 aliphatic rings. The molecule has 4 heteroatoms. The average molecular weight is 334 g/mol. The standard InChI is InChI=1S/C21H22N2O2/c24-21-20-18(12-7-13-19(20)25-23-21)22-14-17(15-8-3-1-4-9-15)16-10-5-2-6-11-16/h1-6,8-11,17-18,22H,7,12-14H2,(H,23,24)/t18-/m1/s1. The molecule has 1 aromatic heterocycles. The number of hydrogen-bond donors (Lipinski definition) is 2. The lowest BCUT2D eigenvalue weighted by Gasteiger charge is -2.25. The van der Waals surface area contributed by atoms with Gasteiger partial charge in [-0.3, -0.25) is 4.79 Å². The van der Waals surface area contributed by atoms with E-state index in [4.69, 9.17) is 4.52 Å². The normalized spacial score (nSPS) is 16.8. The van der Waals surface area contributed by atoms with Crippen molar-refractivity contribution in [1.29, 1.82) is 0 Å². The monoisotopic (exact) mass is 334 g/mol. The second-order valence-corrected chi connectivity index (χ2v) is 6.60. The Bertz CT molecular complexity index is 828. The van der Waals surface area contributed by atoms with Gasteiger partial charge in [0.25, 0.3) is 5.56 Å². The molecule has 4 rings (SSSR count). The van der Waals surface area contributed by atoms with Crippen LogP contribution in [0.25, 0.3) is 0 Å². The summed E-state index contributed by atoms with van der Waals surface area (Å²) in [6.45, 7) is 0.781. The summed E-state index contributed by atoms with van der Waals surface area (Å²) in [5.41, 5.74) is 3.24. The Morgan fingerprint density at radius 3 is 2.32 bits per heavy atom. The summed E-state index contributed by atoms with van der Waals surface area (Å²) in [5.74, 6) is 1.06. The third-order valence-electron chi connectivity index (χ3n) is 5.03. The van der Waals surface area contributed by atoms with E-state index in [0.29, 0.717) is 0 Å². The van der Waals surface area contributed by atoms with Crippen LogP contribution in [-0.4, -0.2) is 11.7 Å². The van der Waals surface area contributed by atoms with Crippen LogP contribution in [0.15, 0.2) is 70.0 Å². The van der Waals surface area contributed by atoms with E-state index in [-0.39, 0.29) is 17.5 Å². The molecule has 25 heavy (non-hydrogen) atoms. The number of aromatic nitrogens is 1. The van der Waals surface area contributed by atoms with Gasteiger partial charge >= 0.3 is 0 Å². The number of nitrogens with one attached hydrogen (secondary N) is 2. The van der Waals surface area contributed by atoms with Crippen molar-refractivity contribution in [2.24, 2.45) is 0 Å². The van der Waals surface area contributed by atoms with Gasteiger partial charge in [-0.2, -0.15) is 5.16 Å². The summed E-state index contributed by atoms with van der Waals surface area (Å²) in [7, 11) is 0. The van der Waals surface area contributed by atoms with Gasteiger partial charge in [-0.15, -0.1) is 0 Å². The van der Waals surface area contributed by atoms with Crippen LogP contribution < -0.4 is 10.9 Å². The van der Waals surface area contributed by atoms with E-state index in [1.165, 1.54) is 11.1 Å². The first-order valence-corrected chi connectivity index (χ1v) is 8.86. The Morgan fingerprint density at radius 2 is 1.68 bits per heavy atom. The van der Waals surface area contributed by atoms with Gasteiger partial charge in [0.2, 0.25) is 0 Å². The van der Waals surface area contributed by atoms with E-state index in [2.05, 4.69) is 59.0 Å². The molecule has 2 N–H and O–H groups in total. The summed E-state index contributed by atoms with van der Waals surface area (Å²) in [4.78, 5) is 12.1. The van der Waals surface area contributed by atoms with Crippen LogP contribution in [0.1, 0.15) is 47.3 Å². The van der Waals surface area contributed by atoms with E-state index in [9.17, 15) is 4.79 Å². The Hall–Kier alpha value is -2.59. The van der Waals surface area contributed by atoms with E-state index in [1.54, 1.807) is 0 Å². The number of benzene rings is 2. The fourth-order valence-electron chi connectivity index (χ4n) is 3.76. The van der Waals surface area contributed by atoms with Gasteiger partial charge in [-0.05, 0) is 24.0 Å². The Balaban J connectivity index is 1.58. The fourth-order valence-corrected chi connectivity index (χ4v) is 3.76. The molecule has 0 saturated carbocycles. The lowest BCUT2D eigenvalue weighted by atomic mass is 9.89. The Labute approximate surface area is 146 Å². The quantitative estimate of drug-likeness (QED) is 0.747. The molecule has 0 fully saturated rings. The molecule has 0 aliphatic heterocycles. The molecule has 4 nitrogen and oxygen atoms in total. The van der Waals surface area contributed by atoms with Gasteiger partial charge in [-0.1, -0.05) is 60.7 Å². The van der Waals surface area contributed by atoms with Crippen molar-refractivity contribution in [2.45, 2.75) is 31.2 Å². The molecule has 0 saturated heterocycles. The van der Waals surface area contributed by atoms with Crippen molar-refractivity contribution in [2.75, 3.05) is 6.54 Å². The minimum Gasteiger partial charge on any atom is -0.383 e. The molecule has 0 spiro atoms. The van der Waals surface area contributed by atoms with Crippen molar-refractivity contribution in [3.63, 3.8) is 0 Å². The SMILES string of the molecule is O=c1[nH]oc2c1[C@H](NCC(c1ccccc1)c1ccccc1)CCC2. The summed E-state index contributed by atoms with van der Waals surface area (Å²) < 4.78 is 5.32. The van der Waals surface area contributed by atoms with Gasteiger partial charge in [-0.25, -0.2) is 0 Å². The number of hydrogen-bond acceptors (Lipinski definition) is 3. The third-order valence-corrected chi connectivity index (χ3v) is 5.03. The molecule has 1 aliphatic carbocycles. The molecule has 1 atom stereocenters. The summed E-state index contributed by atoms with van der Waals surface area (Å²) in [6.07, 6.45) is 2.84. The van der Waals surface area contributed by atoms with Crippen LogP contribution in [0, 0.1) is 0 Å². The summed E-state index contributed by atoms with van der Waals surface area (Å²) in [6, 6.07) is 21.1. The van der Waals surface area contributed by atoms with E-state index in [1.807, 2.05) is 12.1 Å². The minimum atomic E-state index is -0.0943. The second kappa shape index (κ2) is 7.11. The van der Waals surface area contributed by atoms with E-state index in [0.717, 1.165) is 37.1 Å². The fraction of sp³-hybridized carbons (Fsp3) is 0.286. The highest BCUT2D eigenvalue weighted by Crippen LogP contribution is 2.29. The van der Waals surface area contributed by atoms with Crippen LogP contribution >= 0.6 is 0 Å². The van der Waals surface area contributed by atoms with Gasteiger partial charge in [0, 0.05) is 24.9 Å². The van der Waals surface area contributed by atoms with Crippen LogP contribution in [0.3, 0.4) is 0 Å². The van der Waals surface area contributed by atoms with Crippen molar-refractivity contribution in [3.05, 3.63) is 93.5 Å². The topological polar surface area (TPSA) is 58.0 Å². The van der Waals surface area contributed by atoms with E-state index < -0.39 is 0 Å². The zero-order valence-corrected chi connectivity index (χ0v) is 14.1. The van der Waals surface area contributed by atoms with Gasteiger partial charge in [0.05, 0.1) is 5.56 Å². The zero-order valence-electron chi connectivity index (χ0n) is 14.1. The number of aromatic amines is 1. The number of aryl methyl sites for hydroxylation is 1. The molecule has 2 aromatic carbocycles. The number of H-pyrrole nitrogens is 1. The maximum Gasteiger partial charge on any atom is 0.284 e. The average Bonchev–Trinajstić information content (AvgIpc) is 3.06. The van der Waals surface area contributed by atoms with Crippen molar-refractivity contribution in [3.8, 4) is 0 Å². The van der Waals surface area contributed by atoms with Crippen molar-refractivity contribution >= 4 is 0 Å². The molecular weight excluding hydrogens is 312 g/mol. The predicted molar refractivity (Wildman–Crippen MR) is 97.7 cm³/mol. The Morgan fingerprint density at radius 1 is 1.04 bits per heavy atom. The number of fused-ring (bicyclic) bond motifs is 1. The first-order valence-electron chi connectivity index (χ1n) is 8.86. The zero-order chi connectivity index (χ0) is 17.1. The highest BCUT2D eigenvalue weighted by Gasteiger charge is 2.27. The molecular formula is C21H22N2O2. The Kier molecular flexibility index (Phi) is 4.53. The molecule has 0 amide bonds. The van der Waals surface area contributed by atoms with Crippen molar-refractivity contribution in [1.82, 2.24) is 10.5 Å². The lowest BCUT2D eigenvalue weighted by molar-refractivity contribution is 0.352. The van der Waals surface area contributed by atoms with Crippen LogP contribution in [0.5, 0.6) is 0 Å². The molecule has 128 valence electrons. The second-order valence-electron chi connectivity index (χ2n) is 6.60. The van der Waals surface area contributed by atoms with Crippen LogP contribution in [0.4, 0.5) is 0 Å². The highest BCUT2D eigenvalue weighted by molar-refractivity contribution is 5.33. The smallest absolute Gasteiger partial charge is 0.284 e. The molecule has 0 unspecified atom stereocenters. The first-order chi connectivity index (χ1) is 12.3. The molecule has 0 bridgehead atoms. The largest absolute Gasteiger partial charge is 0.383 e. The predicted octanol–water partition coefficient (Wildman–Crippen LogP) is 3.77. The van der Waals surface area contributed by atoms with Gasteiger partial charge in [0.1, 0.15) is 5.76 Å². The summed E-state index contributed by atoms with van der Waals surface area (Å²) >= 11 is 0. The molecule has 1 heterocycles. The molecule has 3 aromatic rings. The maximum absolute atomic E-state index is 12.1. The van der Waals surface area contributed by atoms with Gasteiger partial charge < -0.3 is 9.84 Å². The first kappa shape index (κ1) is 15.9. The lowest BCUT2D eigenvalue weighted by Crippen LogP contribution is -2.32. The van der Waals surface area contributed by atoms with Crippen LogP contribution in [0.2, 0.25) is 0 Å². The number of rotatable bonds is 5. The highest BCUT2D eigenvalue weighted by atomic mass is 16.5. The molecule has 0 radical (unpaired) electrons. The van der Waals surface area contributed by atoms with Crippen LogP contribution in [-0.2, 0) is 6.42 Å². The van der Waals surface area contributed by atoms with E-state index >= 15 is 0 Å². The minimum absolute atomic E-state index is 0.0566. The maximum atomic E-state index is 12.1. The summed E-state index contributed by atoms with van der Waals surface area (Å²) in [5, 5.41) is 6.11. The van der Waals surface area contributed by atoms with Crippen molar-refractivity contribution < 1.29 is 4.52 Å². The third kappa shape index (κ3) is 3.30. The van der Waals surface area contributed by atoms with Gasteiger partial charge in [0.15, 0.2) is 0 Å².